The molecule has 7 nitrogen and oxygen atoms in total. The predicted molar refractivity (Wildman–Crippen MR) is 130 cm³/mol. The van der Waals surface area contributed by atoms with Crippen molar-refractivity contribution < 1.29 is 9.21 Å². The monoisotopic (exact) mass is 475 g/mol. The van der Waals surface area contributed by atoms with Crippen molar-refractivity contribution in [3.8, 4) is 17.3 Å². The van der Waals surface area contributed by atoms with Gasteiger partial charge < -0.3 is 9.73 Å². The molecule has 164 valence electrons. The van der Waals surface area contributed by atoms with Crippen LogP contribution in [0.15, 0.2) is 82.6 Å². The van der Waals surface area contributed by atoms with Gasteiger partial charge in [0, 0.05) is 11.1 Å². The summed E-state index contributed by atoms with van der Waals surface area (Å²) in [5, 5.41) is 13.5. The summed E-state index contributed by atoms with van der Waals surface area (Å²) < 4.78 is 7.33. The van der Waals surface area contributed by atoms with Crippen LogP contribution in [0, 0.1) is 6.92 Å². The number of furan rings is 1. The Morgan fingerprint density at radius 1 is 1.09 bits per heavy atom. The summed E-state index contributed by atoms with van der Waals surface area (Å²) >= 11 is 7.73. The van der Waals surface area contributed by atoms with Crippen LogP contribution in [0.1, 0.15) is 5.69 Å². The van der Waals surface area contributed by atoms with E-state index in [0.717, 1.165) is 22.3 Å². The number of aromatic nitrogens is 4. The van der Waals surface area contributed by atoms with Crippen LogP contribution in [-0.4, -0.2) is 31.4 Å². The average molecular weight is 476 g/mol. The standard InChI is InChI=1S/C24H18ClN5O2S/c1-15-13-19(16-7-2-4-9-18(16)26-15)27-22(31)14-33-24-29-28-23(21-11-6-12-32-21)30(24)20-10-5-3-8-17(20)25/h2-13H,14H2,1H3,(H,26,27,31). The number of carbonyl (C=O) groups is 1. The first-order valence-electron chi connectivity index (χ1n) is 10.1. The molecule has 0 bridgehead atoms. The molecule has 3 heterocycles. The van der Waals surface area contributed by atoms with E-state index in [1.165, 1.54) is 11.8 Å². The van der Waals surface area contributed by atoms with Gasteiger partial charge in [0.05, 0.1) is 33.9 Å². The fraction of sp³-hybridized carbons (Fsp3) is 0.0833. The third kappa shape index (κ3) is 4.35. The molecule has 0 aliphatic rings. The highest BCUT2D eigenvalue weighted by Gasteiger charge is 2.20. The van der Waals surface area contributed by atoms with Crippen molar-refractivity contribution in [1.82, 2.24) is 19.7 Å². The lowest BCUT2D eigenvalue weighted by atomic mass is 10.1. The lowest BCUT2D eigenvalue weighted by molar-refractivity contribution is -0.113. The molecule has 3 aromatic heterocycles. The maximum atomic E-state index is 12.8. The van der Waals surface area contributed by atoms with E-state index in [9.17, 15) is 4.79 Å². The number of halogens is 1. The van der Waals surface area contributed by atoms with Crippen molar-refractivity contribution in [3.63, 3.8) is 0 Å². The first-order chi connectivity index (χ1) is 16.1. The molecule has 9 heteroatoms. The van der Waals surface area contributed by atoms with Gasteiger partial charge >= 0.3 is 0 Å². The van der Waals surface area contributed by atoms with Crippen LogP contribution in [-0.2, 0) is 4.79 Å². The number of thioether (sulfide) groups is 1. The summed E-state index contributed by atoms with van der Waals surface area (Å²) in [4.78, 5) is 17.4. The lowest BCUT2D eigenvalue weighted by Gasteiger charge is -2.12. The summed E-state index contributed by atoms with van der Waals surface area (Å²) in [6.07, 6.45) is 1.57. The number of hydrogen-bond donors (Lipinski definition) is 1. The van der Waals surface area contributed by atoms with Crippen molar-refractivity contribution >= 4 is 45.9 Å². The summed E-state index contributed by atoms with van der Waals surface area (Å²) in [5.74, 6) is 1.03. The van der Waals surface area contributed by atoms with Gasteiger partial charge in [-0.3, -0.25) is 14.3 Å². The van der Waals surface area contributed by atoms with Crippen molar-refractivity contribution in [2.24, 2.45) is 0 Å². The summed E-state index contributed by atoms with van der Waals surface area (Å²) in [6.45, 7) is 1.90. The minimum Gasteiger partial charge on any atom is -0.461 e. The molecule has 0 atom stereocenters. The van der Waals surface area contributed by atoms with Gasteiger partial charge in [-0.05, 0) is 43.3 Å². The van der Waals surface area contributed by atoms with Crippen molar-refractivity contribution in [1.29, 1.82) is 0 Å². The highest BCUT2D eigenvalue weighted by atomic mass is 35.5. The second-order valence-electron chi connectivity index (χ2n) is 7.24. The summed E-state index contributed by atoms with van der Waals surface area (Å²) in [6, 6.07) is 20.6. The van der Waals surface area contributed by atoms with E-state index in [2.05, 4.69) is 20.5 Å². The highest BCUT2D eigenvalue weighted by Crippen LogP contribution is 2.32. The number of anilines is 1. The van der Waals surface area contributed by atoms with E-state index < -0.39 is 0 Å². The van der Waals surface area contributed by atoms with Gasteiger partial charge in [-0.1, -0.05) is 53.7 Å². The van der Waals surface area contributed by atoms with E-state index >= 15 is 0 Å². The SMILES string of the molecule is Cc1cc(NC(=O)CSc2nnc(-c3ccco3)n2-c2ccccc2Cl)c2ccccc2n1. The van der Waals surface area contributed by atoms with E-state index in [0.29, 0.717) is 27.5 Å². The zero-order chi connectivity index (χ0) is 22.8. The largest absolute Gasteiger partial charge is 0.461 e. The summed E-state index contributed by atoms with van der Waals surface area (Å²) in [5.41, 5.74) is 3.10. The number of rotatable bonds is 6. The molecule has 0 radical (unpaired) electrons. The minimum absolute atomic E-state index is 0.135. The second-order valence-corrected chi connectivity index (χ2v) is 8.59. The number of benzene rings is 2. The van der Waals surface area contributed by atoms with Gasteiger partial charge in [0.2, 0.25) is 11.7 Å². The number of para-hydroxylation sites is 2. The number of carbonyl (C=O) groups excluding carboxylic acids is 1. The molecule has 0 fully saturated rings. The van der Waals surface area contributed by atoms with Gasteiger partial charge in [0.1, 0.15) is 0 Å². The molecule has 5 aromatic rings. The first kappa shape index (κ1) is 21.2. The molecular weight excluding hydrogens is 458 g/mol. The highest BCUT2D eigenvalue weighted by molar-refractivity contribution is 7.99. The molecule has 0 aliphatic carbocycles. The second kappa shape index (κ2) is 9.09. The van der Waals surface area contributed by atoms with E-state index in [-0.39, 0.29) is 11.7 Å². The maximum absolute atomic E-state index is 12.8. The number of fused-ring (bicyclic) bond motifs is 1. The Morgan fingerprint density at radius 3 is 2.73 bits per heavy atom. The topological polar surface area (TPSA) is 85.8 Å². The van der Waals surface area contributed by atoms with E-state index in [4.69, 9.17) is 16.0 Å². The van der Waals surface area contributed by atoms with E-state index in [1.807, 2.05) is 55.5 Å². The number of pyridine rings is 1. The zero-order valence-corrected chi connectivity index (χ0v) is 19.1. The molecule has 0 unspecified atom stereocenters. The molecule has 1 amide bonds. The van der Waals surface area contributed by atoms with Crippen LogP contribution < -0.4 is 5.32 Å². The van der Waals surface area contributed by atoms with Gasteiger partial charge in [-0.2, -0.15) is 0 Å². The molecule has 33 heavy (non-hydrogen) atoms. The number of hydrogen-bond acceptors (Lipinski definition) is 6. The first-order valence-corrected chi connectivity index (χ1v) is 11.5. The van der Waals surface area contributed by atoms with Gasteiger partial charge in [0.25, 0.3) is 0 Å². The predicted octanol–water partition coefficient (Wildman–Crippen LogP) is 5.77. The number of amides is 1. The van der Waals surface area contributed by atoms with Crippen LogP contribution in [0.5, 0.6) is 0 Å². The number of aryl methyl sites for hydroxylation is 1. The van der Waals surface area contributed by atoms with Crippen LogP contribution in [0.4, 0.5) is 5.69 Å². The Labute approximate surface area is 198 Å². The molecule has 0 spiro atoms. The molecule has 0 saturated carbocycles. The van der Waals surface area contributed by atoms with Crippen LogP contribution in [0.25, 0.3) is 28.2 Å². The third-order valence-electron chi connectivity index (χ3n) is 4.92. The molecule has 2 aromatic carbocycles. The smallest absolute Gasteiger partial charge is 0.234 e. The van der Waals surface area contributed by atoms with Crippen LogP contribution >= 0.6 is 23.4 Å². The zero-order valence-electron chi connectivity index (χ0n) is 17.5. The van der Waals surface area contributed by atoms with Crippen molar-refractivity contribution in [2.75, 3.05) is 11.1 Å². The Kier molecular flexibility index (Phi) is 5.85. The Hall–Kier alpha value is -3.62. The Balaban J connectivity index is 1.42. The molecular formula is C24H18ClN5O2S. The van der Waals surface area contributed by atoms with Gasteiger partial charge in [-0.25, -0.2) is 0 Å². The molecule has 5 rings (SSSR count). The van der Waals surface area contributed by atoms with Crippen molar-refractivity contribution in [2.45, 2.75) is 12.1 Å². The third-order valence-corrected chi connectivity index (χ3v) is 6.17. The fourth-order valence-electron chi connectivity index (χ4n) is 3.51. The van der Waals surface area contributed by atoms with Crippen LogP contribution in [0.3, 0.4) is 0 Å². The van der Waals surface area contributed by atoms with Gasteiger partial charge in [-0.15, -0.1) is 10.2 Å². The molecule has 1 N–H and O–H groups in total. The fourth-order valence-corrected chi connectivity index (χ4v) is 4.47. The van der Waals surface area contributed by atoms with Crippen LogP contribution in [0.2, 0.25) is 5.02 Å². The number of nitrogens with one attached hydrogen (secondary N) is 1. The summed E-state index contributed by atoms with van der Waals surface area (Å²) in [7, 11) is 0. The number of nitrogens with zero attached hydrogens (tertiary/aromatic N) is 4. The van der Waals surface area contributed by atoms with Gasteiger partial charge in [0.15, 0.2) is 10.9 Å². The maximum Gasteiger partial charge on any atom is 0.234 e. The lowest BCUT2D eigenvalue weighted by Crippen LogP contribution is -2.15. The Morgan fingerprint density at radius 2 is 1.91 bits per heavy atom. The Bertz CT molecular complexity index is 1450. The molecule has 0 saturated heterocycles. The van der Waals surface area contributed by atoms with E-state index in [1.54, 1.807) is 29.0 Å². The minimum atomic E-state index is -0.163. The quantitative estimate of drug-likeness (QED) is 0.314. The normalized spacial score (nSPS) is 11.1. The molecule has 0 aliphatic heterocycles. The average Bonchev–Trinajstić information content (AvgIpc) is 3.48. The van der Waals surface area contributed by atoms with Crippen molar-refractivity contribution in [3.05, 3.63) is 83.7 Å².